The average Bonchev–Trinajstić information content (AvgIpc) is 2.81. The van der Waals surface area contributed by atoms with Gasteiger partial charge in [0.15, 0.2) is 0 Å². The third-order valence-corrected chi connectivity index (χ3v) is 3.12. The maximum Gasteiger partial charge on any atom is 0.254 e. The molecule has 2 N–H and O–H groups in total. The second-order valence-electron chi connectivity index (χ2n) is 4.46. The second kappa shape index (κ2) is 5.91. The van der Waals surface area contributed by atoms with Gasteiger partial charge in [0.25, 0.3) is 5.91 Å². The van der Waals surface area contributed by atoms with Crippen LogP contribution in [0.25, 0.3) is 0 Å². The van der Waals surface area contributed by atoms with Crippen molar-refractivity contribution in [2.75, 3.05) is 13.1 Å². The van der Waals surface area contributed by atoms with Crippen molar-refractivity contribution in [3.63, 3.8) is 0 Å². The maximum absolute atomic E-state index is 13.3. The summed E-state index contributed by atoms with van der Waals surface area (Å²) < 4.78 is 26.0. The molecule has 0 saturated carbocycles. The molecule has 1 aromatic carbocycles. The van der Waals surface area contributed by atoms with Gasteiger partial charge in [-0.25, -0.2) is 8.78 Å². The quantitative estimate of drug-likeness (QED) is 0.860. The molecule has 2 rings (SSSR count). The molecule has 0 unspecified atom stereocenters. The summed E-state index contributed by atoms with van der Waals surface area (Å²) in [5, 5.41) is 5.96. The molecule has 1 heterocycles. The summed E-state index contributed by atoms with van der Waals surface area (Å²) >= 11 is 0. The van der Waals surface area contributed by atoms with E-state index in [-0.39, 0.29) is 5.56 Å². The Bertz CT molecular complexity index is 431. The summed E-state index contributed by atoms with van der Waals surface area (Å²) in [6.07, 6.45) is 3.10. The third-order valence-electron chi connectivity index (χ3n) is 3.12. The summed E-state index contributed by atoms with van der Waals surface area (Å²) in [4.78, 5) is 11.7. The van der Waals surface area contributed by atoms with E-state index in [0.29, 0.717) is 18.7 Å². The van der Waals surface area contributed by atoms with Gasteiger partial charge in [0, 0.05) is 18.7 Å². The molecule has 0 bridgehead atoms. The molecule has 1 aliphatic rings. The smallest absolute Gasteiger partial charge is 0.254 e. The normalized spacial score (nSPS) is 18.9. The van der Waals surface area contributed by atoms with Crippen LogP contribution >= 0.6 is 0 Å². The lowest BCUT2D eigenvalue weighted by atomic mass is 10.1. The van der Waals surface area contributed by atoms with E-state index in [9.17, 15) is 13.6 Å². The lowest BCUT2D eigenvalue weighted by molar-refractivity contribution is 0.0948. The number of nitrogens with one attached hydrogen (secondary N) is 2. The number of hydrogen-bond acceptors (Lipinski definition) is 2. The fourth-order valence-electron chi connectivity index (χ4n) is 2.13. The Morgan fingerprint density at radius 1 is 1.44 bits per heavy atom. The van der Waals surface area contributed by atoms with Crippen molar-refractivity contribution in [2.24, 2.45) is 0 Å². The van der Waals surface area contributed by atoms with E-state index in [0.717, 1.165) is 37.9 Å². The van der Waals surface area contributed by atoms with E-state index >= 15 is 0 Å². The Morgan fingerprint density at radius 2 is 2.28 bits per heavy atom. The molecule has 1 amide bonds. The van der Waals surface area contributed by atoms with E-state index in [4.69, 9.17) is 0 Å². The van der Waals surface area contributed by atoms with Crippen molar-refractivity contribution >= 4 is 5.91 Å². The lowest BCUT2D eigenvalue weighted by Gasteiger charge is -2.11. The van der Waals surface area contributed by atoms with E-state index in [1.165, 1.54) is 0 Å². The fourth-order valence-corrected chi connectivity index (χ4v) is 2.13. The van der Waals surface area contributed by atoms with Crippen LogP contribution in [0.1, 0.15) is 29.6 Å². The highest BCUT2D eigenvalue weighted by Gasteiger charge is 2.15. The van der Waals surface area contributed by atoms with Crippen molar-refractivity contribution in [3.05, 3.63) is 35.4 Å². The highest BCUT2D eigenvalue weighted by molar-refractivity contribution is 5.94. The minimum atomic E-state index is -0.827. The zero-order valence-electron chi connectivity index (χ0n) is 10.0. The predicted octanol–water partition coefficient (Wildman–Crippen LogP) is 1.84. The van der Waals surface area contributed by atoms with Crippen LogP contribution in [0, 0.1) is 11.6 Å². The molecule has 1 saturated heterocycles. The van der Waals surface area contributed by atoms with Gasteiger partial charge < -0.3 is 10.6 Å². The number of halogens is 2. The molecule has 5 heteroatoms. The summed E-state index contributed by atoms with van der Waals surface area (Å²) in [5.74, 6) is -2.00. The fraction of sp³-hybridized carbons (Fsp3) is 0.462. The van der Waals surface area contributed by atoms with E-state index in [2.05, 4.69) is 10.6 Å². The first-order chi connectivity index (χ1) is 8.66. The van der Waals surface area contributed by atoms with Crippen molar-refractivity contribution in [1.29, 1.82) is 0 Å². The topological polar surface area (TPSA) is 41.1 Å². The third kappa shape index (κ3) is 3.26. The van der Waals surface area contributed by atoms with E-state index < -0.39 is 17.5 Å². The Hall–Kier alpha value is -1.49. The molecule has 98 valence electrons. The maximum atomic E-state index is 13.3. The van der Waals surface area contributed by atoms with Gasteiger partial charge in [0.2, 0.25) is 0 Å². The molecule has 0 aromatic heterocycles. The van der Waals surface area contributed by atoms with Gasteiger partial charge in [0.1, 0.15) is 11.6 Å². The number of carbonyl (C=O) groups is 1. The molecule has 0 aliphatic carbocycles. The van der Waals surface area contributed by atoms with Gasteiger partial charge in [-0.15, -0.1) is 0 Å². The number of rotatable bonds is 4. The van der Waals surface area contributed by atoms with Crippen LogP contribution in [0.4, 0.5) is 8.78 Å². The molecule has 1 atom stereocenters. The predicted molar refractivity (Wildman–Crippen MR) is 64.3 cm³/mol. The molecular weight excluding hydrogens is 238 g/mol. The molecule has 0 radical (unpaired) electrons. The van der Waals surface area contributed by atoms with Crippen LogP contribution in [0.2, 0.25) is 0 Å². The summed E-state index contributed by atoms with van der Waals surface area (Å²) in [5.41, 5.74) is -0.115. The Balaban J connectivity index is 1.83. The Kier molecular flexibility index (Phi) is 4.25. The van der Waals surface area contributed by atoms with Crippen molar-refractivity contribution in [3.8, 4) is 0 Å². The molecule has 3 nitrogen and oxygen atoms in total. The van der Waals surface area contributed by atoms with Crippen LogP contribution in [0.15, 0.2) is 18.2 Å². The standard InChI is InChI=1S/C13H16F2N2O/c14-9-3-4-11(12(15)8-9)13(18)17-7-5-10-2-1-6-16-10/h3-4,8,10,16H,1-2,5-7H2,(H,17,18)/t10-/m1/s1. The Labute approximate surface area is 105 Å². The zero-order valence-corrected chi connectivity index (χ0v) is 10.0. The SMILES string of the molecule is O=C(NCC[C@H]1CCCN1)c1ccc(F)cc1F. The molecular formula is C13H16F2N2O. The summed E-state index contributed by atoms with van der Waals surface area (Å²) in [7, 11) is 0. The number of amides is 1. The first-order valence-electron chi connectivity index (χ1n) is 6.13. The van der Waals surface area contributed by atoms with Crippen molar-refractivity contribution < 1.29 is 13.6 Å². The number of carbonyl (C=O) groups excluding carboxylic acids is 1. The zero-order chi connectivity index (χ0) is 13.0. The second-order valence-corrected chi connectivity index (χ2v) is 4.46. The monoisotopic (exact) mass is 254 g/mol. The first-order valence-corrected chi connectivity index (χ1v) is 6.13. The molecule has 1 aliphatic heterocycles. The van der Waals surface area contributed by atoms with Gasteiger partial charge in [-0.3, -0.25) is 4.79 Å². The van der Waals surface area contributed by atoms with Crippen molar-refractivity contribution in [1.82, 2.24) is 10.6 Å². The minimum absolute atomic E-state index is 0.115. The Morgan fingerprint density at radius 3 is 2.94 bits per heavy atom. The average molecular weight is 254 g/mol. The van der Waals surface area contributed by atoms with Crippen LogP contribution in [0.5, 0.6) is 0 Å². The lowest BCUT2D eigenvalue weighted by Crippen LogP contribution is -2.31. The number of hydrogen-bond donors (Lipinski definition) is 2. The number of benzene rings is 1. The van der Waals surface area contributed by atoms with Crippen molar-refractivity contribution in [2.45, 2.75) is 25.3 Å². The first kappa shape index (κ1) is 13.0. The van der Waals surface area contributed by atoms with Crippen LogP contribution in [-0.4, -0.2) is 25.0 Å². The minimum Gasteiger partial charge on any atom is -0.352 e. The van der Waals surface area contributed by atoms with Gasteiger partial charge >= 0.3 is 0 Å². The molecule has 1 fully saturated rings. The van der Waals surface area contributed by atoms with Gasteiger partial charge in [-0.05, 0) is 37.9 Å². The highest BCUT2D eigenvalue weighted by Crippen LogP contribution is 2.10. The van der Waals surface area contributed by atoms with Crippen LogP contribution < -0.4 is 10.6 Å². The molecule has 18 heavy (non-hydrogen) atoms. The summed E-state index contributed by atoms with van der Waals surface area (Å²) in [6, 6.07) is 3.39. The van der Waals surface area contributed by atoms with E-state index in [1.807, 2.05) is 0 Å². The van der Waals surface area contributed by atoms with Gasteiger partial charge in [0.05, 0.1) is 5.56 Å². The van der Waals surface area contributed by atoms with Crippen LogP contribution in [0.3, 0.4) is 0 Å². The van der Waals surface area contributed by atoms with Gasteiger partial charge in [-0.2, -0.15) is 0 Å². The largest absolute Gasteiger partial charge is 0.352 e. The van der Waals surface area contributed by atoms with Gasteiger partial charge in [-0.1, -0.05) is 0 Å². The van der Waals surface area contributed by atoms with Crippen LogP contribution in [-0.2, 0) is 0 Å². The highest BCUT2D eigenvalue weighted by atomic mass is 19.1. The molecule has 1 aromatic rings. The van der Waals surface area contributed by atoms with E-state index in [1.54, 1.807) is 0 Å². The summed E-state index contributed by atoms with van der Waals surface area (Å²) in [6.45, 7) is 1.51. The molecule has 0 spiro atoms.